The van der Waals surface area contributed by atoms with Gasteiger partial charge in [-0.05, 0) is 25.1 Å². The molecule has 0 radical (unpaired) electrons. The lowest BCUT2D eigenvalue weighted by atomic mass is 10.0. The summed E-state index contributed by atoms with van der Waals surface area (Å²) in [5.74, 6) is 1.01. The third kappa shape index (κ3) is 3.73. The molecular formula is C20H24N6O3. The molecule has 0 aliphatic carbocycles. The molecule has 1 aromatic carbocycles. The predicted molar refractivity (Wildman–Crippen MR) is 107 cm³/mol. The van der Waals surface area contributed by atoms with Gasteiger partial charge in [-0.2, -0.15) is 5.10 Å². The molecule has 1 fully saturated rings. The summed E-state index contributed by atoms with van der Waals surface area (Å²) in [7, 11) is 3.05. The molecule has 1 atom stereocenters. The van der Waals surface area contributed by atoms with Crippen LogP contribution in [0.1, 0.15) is 28.4 Å². The number of carbonyl (C=O) groups excluding carboxylic acids is 1. The minimum atomic E-state index is -0.262. The van der Waals surface area contributed by atoms with E-state index in [1.165, 1.54) is 14.2 Å². The molecule has 2 aromatic heterocycles. The summed E-state index contributed by atoms with van der Waals surface area (Å²) in [6.45, 7) is 2.75. The lowest BCUT2D eigenvalue weighted by molar-refractivity contribution is 0.0945. The zero-order chi connectivity index (χ0) is 20.2. The van der Waals surface area contributed by atoms with Crippen molar-refractivity contribution in [2.75, 3.05) is 33.9 Å². The lowest BCUT2D eigenvalue weighted by Crippen LogP contribution is -2.28. The van der Waals surface area contributed by atoms with Gasteiger partial charge in [0.15, 0.2) is 5.65 Å². The van der Waals surface area contributed by atoms with Gasteiger partial charge in [0.05, 0.1) is 26.5 Å². The Morgan fingerprint density at radius 2 is 2.00 bits per heavy atom. The standard InChI is InChI=1S/C20H24N6O3/c1-28-14-4-3-5-15(29-2)16(14)20(27)24-10-11-26-19-18(22-8-9-23-19)17(25-26)13-6-7-21-12-13/h3-5,8-9,13,21H,6-7,10-12H2,1-2H3,(H,24,27)/t13-/m0/s1. The molecule has 0 spiro atoms. The van der Waals surface area contributed by atoms with E-state index in [0.717, 1.165) is 36.4 Å². The van der Waals surface area contributed by atoms with Gasteiger partial charge in [-0.15, -0.1) is 0 Å². The van der Waals surface area contributed by atoms with Gasteiger partial charge >= 0.3 is 0 Å². The second-order valence-corrected chi connectivity index (χ2v) is 6.82. The minimum absolute atomic E-state index is 0.262. The highest BCUT2D eigenvalue weighted by molar-refractivity contribution is 5.99. The number of methoxy groups -OCH3 is 2. The second-order valence-electron chi connectivity index (χ2n) is 6.82. The Kier molecular flexibility index (Phi) is 5.57. The first-order valence-corrected chi connectivity index (χ1v) is 9.60. The van der Waals surface area contributed by atoms with Crippen molar-refractivity contribution in [2.45, 2.75) is 18.9 Å². The Balaban J connectivity index is 1.50. The van der Waals surface area contributed by atoms with Crippen LogP contribution >= 0.6 is 0 Å². The quantitative estimate of drug-likeness (QED) is 0.621. The SMILES string of the molecule is COc1cccc(OC)c1C(=O)NCCn1nc([C@H]2CCNC2)c2nccnc21. The Labute approximate surface area is 168 Å². The summed E-state index contributed by atoms with van der Waals surface area (Å²) in [5.41, 5.74) is 2.91. The maximum absolute atomic E-state index is 12.7. The molecule has 2 N–H and O–H groups in total. The van der Waals surface area contributed by atoms with Crippen molar-refractivity contribution >= 4 is 17.1 Å². The molecule has 152 valence electrons. The average molecular weight is 396 g/mol. The maximum Gasteiger partial charge on any atom is 0.258 e. The van der Waals surface area contributed by atoms with Crippen molar-refractivity contribution in [1.82, 2.24) is 30.4 Å². The number of amides is 1. The van der Waals surface area contributed by atoms with E-state index in [1.54, 1.807) is 30.6 Å². The lowest BCUT2D eigenvalue weighted by Gasteiger charge is -2.13. The van der Waals surface area contributed by atoms with Crippen LogP contribution in [0.2, 0.25) is 0 Å². The van der Waals surface area contributed by atoms with E-state index in [9.17, 15) is 4.79 Å². The number of nitrogens with one attached hydrogen (secondary N) is 2. The molecule has 0 saturated carbocycles. The van der Waals surface area contributed by atoms with Gasteiger partial charge in [-0.1, -0.05) is 6.07 Å². The molecule has 9 heteroatoms. The van der Waals surface area contributed by atoms with Crippen LogP contribution in [0.25, 0.3) is 11.2 Å². The number of aromatic nitrogens is 4. The van der Waals surface area contributed by atoms with E-state index >= 15 is 0 Å². The van der Waals surface area contributed by atoms with Gasteiger partial charge in [0.2, 0.25) is 0 Å². The Morgan fingerprint density at radius 1 is 1.24 bits per heavy atom. The molecule has 4 rings (SSSR count). The molecule has 3 aromatic rings. The van der Waals surface area contributed by atoms with E-state index in [4.69, 9.17) is 14.6 Å². The summed E-state index contributed by atoms with van der Waals surface area (Å²) in [6, 6.07) is 5.24. The van der Waals surface area contributed by atoms with E-state index in [1.807, 2.05) is 4.68 Å². The van der Waals surface area contributed by atoms with Gasteiger partial charge in [-0.25, -0.2) is 14.6 Å². The third-order valence-corrected chi connectivity index (χ3v) is 5.11. The first-order valence-electron chi connectivity index (χ1n) is 9.60. The monoisotopic (exact) mass is 396 g/mol. The van der Waals surface area contributed by atoms with E-state index in [0.29, 0.717) is 36.1 Å². The van der Waals surface area contributed by atoms with Crippen LogP contribution in [0.15, 0.2) is 30.6 Å². The van der Waals surface area contributed by atoms with Gasteiger partial charge in [-0.3, -0.25) is 4.79 Å². The van der Waals surface area contributed by atoms with Crippen LogP contribution in [0.5, 0.6) is 11.5 Å². The molecule has 0 unspecified atom stereocenters. The third-order valence-electron chi connectivity index (χ3n) is 5.11. The zero-order valence-corrected chi connectivity index (χ0v) is 16.5. The van der Waals surface area contributed by atoms with Crippen molar-refractivity contribution in [3.63, 3.8) is 0 Å². The van der Waals surface area contributed by atoms with E-state index in [2.05, 4.69) is 20.6 Å². The fourth-order valence-electron chi connectivity index (χ4n) is 3.68. The molecule has 9 nitrogen and oxygen atoms in total. The summed E-state index contributed by atoms with van der Waals surface area (Å²) in [6.07, 6.45) is 4.39. The summed E-state index contributed by atoms with van der Waals surface area (Å²) in [4.78, 5) is 21.7. The number of nitrogens with zero attached hydrogens (tertiary/aromatic N) is 4. The molecule has 1 aliphatic rings. The van der Waals surface area contributed by atoms with Crippen molar-refractivity contribution in [3.05, 3.63) is 41.9 Å². The van der Waals surface area contributed by atoms with Crippen LogP contribution < -0.4 is 20.1 Å². The van der Waals surface area contributed by atoms with Crippen LogP contribution in [0.4, 0.5) is 0 Å². The number of benzene rings is 1. The Hall–Kier alpha value is -3.20. The van der Waals surface area contributed by atoms with Crippen LogP contribution in [-0.4, -0.2) is 59.5 Å². The average Bonchev–Trinajstić information content (AvgIpc) is 3.41. The van der Waals surface area contributed by atoms with Gasteiger partial charge in [0, 0.05) is 31.4 Å². The van der Waals surface area contributed by atoms with Gasteiger partial charge < -0.3 is 20.1 Å². The first kappa shape index (κ1) is 19.1. The molecule has 0 bridgehead atoms. The highest BCUT2D eigenvalue weighted by Crippen LogP contribution is 2.28. The normalized spacial score (nSPS) is 16.1. The smallest absolute Gasteiger partial charge is 0.258 e. The Bertz CT molecular complexity index is 990. The fourth-order valence-corrected chi connectivity index (χ4v) is 3.68. The molecular weight excluding hydrogens is 372 g/mol. The van der Waals surface area contributed by atoms with Crippen molar-refractivity contribution in [2.24, 2.45) is 0 Å². The number of hydrogen-bond acceptors (Lipinski definition) is 7. The van der Waals surface area contributed by atoms with E-state index < -0.39 is 0 Å². The Morgan fingerprint density at radius 3 is 2.69 bits per heavy atom. The number of rotatable bonds is 7. The molecule has 1 amide bonds. The number of carbonyl (C=O) groups is 1. The van der Waals surface area contributed by atoms with Crippen LogP contribution in [0, 0.1) is 0 Å². The highest BCUT2D eigenvalue weighted by Gasteiger charge is 2.24. The molecule has 29 heavy (non-hydrogen) atoms. The largest absolute Gasteiger partial charge is 0.496 e. The molecule has 1 aliphatic heterocycles. The number of ether oxygens (including phenoxy) is 2. The minimum Gasteiger partial charge on any atom is -0.496 e. The maximum atomic E-state index is 12.7. The second kappa shape index (κ2) is 8.44. The van der Waals surface area contributed by atoms with Crippen molar-refractivity contribution < 1.29 is 14.3 Å². The summed E-state index contributed by atoms with van der Waals surface area (Å²) in [5, 5.41) is 11.0. The fraction of sp³-hybridized carbons (Fsp3) is 0.400. The first-order chi connectivity index (χ1) is 14.2. The predicted octanol–water partition coefficient (Wildman–Crippen LogP) is 1.35. The van der Waals surface area contributed by atoms with Gasteiger partial charge in [0.25, 0.3) is 5.91 Å². The van der Waals surface area contributed by atoms with Gasteiger partial charge in [0.1, 0.15) is 22.6 Å². The van der Waals surface area contributed by atoms with Crippen LogP contribution in [-0.2, 0) is 6.54 Å². The van der Waals surface area contributed by atoms with Crippen molar-refractivity contribution in [3.8, 4) is 11.5 Å². The summed E-state index contributed by atoms with van der Waals surface area (Å²) >= 11 is 0. The van der Waals surface area contributed by atoms with Crippen LogP contribution in [0.3, 0.4) is 0 Å². The van der Waals surface area contributed by atoms with Crippen molar-refractivity contribution in [1.29, 1.82) is 0 Å². The van der Waals surface area contributed by atoms with E-state index in [-0.39, 0.29) is 5.91 Å². The molecule has 1 saturated heterocycles. The summed E-state index contributed by atoms with van der Waals surface area (Å²) < 4.78 is 12.4. The molecule has 3 heterocycles. The number of hydrogen-bond donors (Lipinski definition) is 2. The number of fused-ring (bicyclic) bond motifs is 1. The highest BCUT2D eigenvalue weighted by atomic mass is 16.5. The topological polar surface area (TPSA) is 103 Å². The zero-order valence-electron chi connectivity index (χ0n) is 16.5.